The molecule has 0 aliphatic heterocycles. The van der Waals surface area contributed by atoms with E-state index in [9.17, 15) is 4.79 Å². The van der Waals surface area contributed by atoms with Crippen molar-refractivity contribution in [3.63, 3.8) is 0 Å². The largest absolute Gasteiger partial charge is 0.495 e. The van der Waals surface area contributed by atoms with Gasteiger partial charge in [0.05, 0.1) is 19.2 Å². The summed E-state index contributed by atoms with van der Waals surface area (Å²) < 4.78 is 9.71. The molecule has 1 aromatic carbocycles. The molecule has 0 saturated carbocycles. The van der Waals surface area contributed by atoms with Crippen LogP contribution in [-0.4, -0.2) is 27.2 Å². The summed E-state index contributed by atoms with van der Waals surface area (Å²) in [5.41, 5.74) is 0.736. The van der Waals surface area contributed by atoms with Crippen LogP contribution in [0.3, 0.4) is 0 Å². The Morgan fingerprint density at radius 2 is 2.12 bits per heavy atom. The van der Waals surface area contributed by atoms with Gasteiger partial charge in [0.15, 0.2) is 0 Å². The summed E-state index contributed by atoms with van der Waals surface area (Å²) >= 11 is 5.97. The molecule has 4 nitrogen and oxygen atoms in total. The Morgan fingerprint density at radius 1 is 1.44 bits per heavy atom. The SMILES string of the molecule is CNC(C(=O)OC)c1ccc(OC)c(Cl)c1. The van der Waals surface area contributed by atoms with Crippen LogP contribution in [0.15, 0.2) is 18.2 Å². The van der Waals surface area contributed by atoms with Gasteiger partial charge in [0.1, 0.15) is 11.8 Å². The van der Waals surface area contributed by atoms with E-state index in [1.807, 2.05) is 0 Å². The summed E-state index contributed by atoms with van der Waals surface area (Å²) in [6, 6.07) is 4.64. The summed E-state index contributed by atoms with van der Waals surface area (Å²) in [7, 11) is 4.56. The number of methoxy groups -OCH3 is 2. The van der Waals surface area contributed by atoms with Crippen LogP contribution < -0.4 is 10.1 Å². The molecule has 16 heavy (non-hydrogen) atoms. The highest BCUT2D eigenvalue weighted by molar-refractivity contribution is 6.32. The Labute approximate surface area is 99.5 Å². The average Bonchev–Trinajstić information content (AvgIpc) is 2.30. The van der Waals surface area contributed by atoms with E-state index in [0.29, 0.717) is 10.8 Å². The van der Waals surface area contributed by atoms with Crippen molar-refractivity contribution in [2.75, 3.05) is 21.3 Å². The number of nitrogens with one attached hydrogen (secondary N) is 1. The molecule has 0 heterocycles. The number of carbonyl (C=O) groups is 1. The first-order valence-corrected chi connectivity index (χ1v) is 5.10. The fraction of sp³-hybridized carbons (Fsp3) is 0.364. The van der Waals surface area contributed by atoms with E-state index in [2.05, 4.69) is 10.1 Å². The van der Waals surface area contributed by atoms with Crippen LogP contribution in [-0.2, 0) is 9.53 Å². The molecule has 1 atom stereocenters. The quantitative estimate of drug-likeness (QED) is 0.819. The highest BCUT2D eigenvalue weighted by atomic mass is 35.5. The molecule has 1 aromatic rings. The summed E-state index contributed by atoms with van der Waals surface area (Å²) in [4.78, 5) is 11.5. The lowest BCUT2D eigenvalue weighted by Gasteiger charge is -2.15. The van der Waals surface area contributed by atoms with Crippen molar-refractivity contribution in [1.82, 2.24) is 5.32 Å². The predicted molar refractivity (Wildman–Crippen MR) is 61.8 cm³/mol. The van der Waals surface area contributed by atoms with Gasteiger partial charge in [-0.15, -0.1) is 0 Å². The molecule has 0 amide bonds. The number of carbonyl (C=O) groups excluding carboxylic acids is 1. The number of benzene rings is 1. The molecule has 1 unspecified atom stereocenters. The number of rotatable bonds is 4. The molecule has 0 spiro atoms. The Balaban J connectivity index is 3.03. The smallest absolute Gasteiger partial charge is 0.327 e. The molecule has 0 saturated heterocycles. The maximum Gasteiger partial charge on any atom is 0.327 e. The second-order valence-corrected chi connectivity index (χ2v) is 3.55. The molecule has 1 N–H and O–H groups in total. The number of hydrogen-bond donors (Lipinski definition) is 1. The van der Waals surface area contributed by atoms with Gasteiger partial charge in [-0.3, -0.25) is 0 Å². The first-order chi connectivity index (χ1) is 7.63. The molecular formula is C11H14ClNO3. The number of ether oxygens (including phenoxy) is 2. The minimum Gasteiger partial charge on any atom is -0.495 e. The highest BCUT2D eigenvalue weighted by Gasteiger charge is 2.20. The van der Waals surface area contributed by atoms with Gasteiger partial charge in [-0.1, -0.05) is 17.7 Å². The molecule has 0 aliphatic rings. The van der Waals surface area contributed by atoms with Gasteiger partial charge in [-0.2, -0.15) is 0 Å². The molecule has 1 rings (SSSR count). The van der Waals surface area contributed by atoms with Gasteiger partial charge < -0.3 is 14.8 Å². The summed E-state index contributed by atoms with van der Waals surface area (Å²) in [6.45, 7) is 0. The van der Waals surface area contributed by atoms with E-state index in [-0.39, 0.29) is 5.97 Å². The Bertz CT molecular complexity index is 381. The molecule has 88 valence electrons. The number of likely N-dealkylation sites (N-methyl/N-ethyl adjacent to an activating group) is 1. The fourth-order valence-electron chi connectivity index (χ4n) is 1.40. The minimum atomic E-state index is -0.520. The summed E-state index contributed by atoms with van der Waals surface area (Å²) in [5.74, 6) is 0.217. The van der Waals surface area contributed by atoms with Gasteiger partial charge in [-0.25, -0.2) is 4.79 Å². The lowest BCUT2D eigenvalue weighted by Crippen LogP contribution is -2.26. The zero-order valence-corrected chi connectivity index (χ0v) is 10.2. The van der Waals surface area contributed by atoms with Gasteiger partial charge in [0, 0.05) is 0 Å². The summed E-state index contributed by atoms with van der Waals surface area (Å²) in [6.07, 6.45) is 0. The van der Waals surface area contributed by atoms with Gasteiger partial charge in [0.25, 0.3) is 0 Å². The molecule has 0 fully saturated rings. The Morgan fingerprint density at radius 3 is 2.56 bits per heavy atom. The second-order valence-electron chi connectivity index (χ2n) is 3.14. The fourth-order valence-corrected chi connectivity index (χ4v) is 1.67. The molecule has 0 radical (unpaired) electrons. The normalized spacial score (nSPS) is 12.0. The van der Waals surface area contributed by atoms with E-state index in [4.69, 9.17) is 16.3 Å². The average molecular weight is 244 g/mol. The van der Waals surface area contributed by atoms with E-state index in [1.54, 1.807) is 25.2 Å². The van der Waals surface area contributed by atoms with Crippen LogP contribution in [0.5, 0.6) is 5.75 Å². The van der Waals surface area contributed by atoms with Crippen molar-refractivity contribution >= 4 is 17.6 Å². The van der Waals surface area contributed by atoms with Gasteiger partial charge in [-0.05, 0) is 24.7 Å². The molecule has 5 heteroatoms. The van der Waals surface area contributed by atoms with Crippen molar-refractivity contribution < 1.29 is 14.3 Å². The van der Waals surface area contributed by atoms with E-state index in [0.717, 1.165) is 5.56 Å². The number of halogens is 1. The predicted octanol–water partition coefficient (Wildman–Crippen LogP) is 1.78. The second kappa shape index (κ2) is 5.72. The van der Waals surface area contributed by atoms with Crippen LogP contribution >= 0.6 is 11.6 Å². The first-order valence-electron chi connectivity index (χ1n) is 4.72. The maximum atomic E-state index is 11.5. The van der Waals surface area contributed by atoms with Crippen LogP contribution in [0, 0.1) is 0 Å². The van der Waals surface area contributed by atoms with E-state index >= 15 is 0 Å². The van der Waals surface area contributed by atoms with Gasteiger partial charge >= 0.3 is 5.97 Å². The minimum absolute atomic E-state index is 0.358. The lowest BCUT2D eigenvalue weighted by atomic mass is 10.1. The molecule has 0 aromatic heterocycles. The molecular weight excluding hydrogens is 230 g/mol. The van der Waals surface area contributed by atoms with Crippen molar-refractivity contribution in [3.8, 4) is 5.75 Å². The third-order valence-corrected chi connectivity index (χ3v) is 2.53. The Kier molecular flexibility index (Phi) is 4.58. The monoisotopic (exact) mass is 243 g/mol. The third-order valence-electron chi connectivity index (χ3n) is 2.23. The zero-order chi connectivity index (χ0) is 12.1. The topological polar surface area (TPSA) is 47.6 Å². The van der Waals surface area contributed by atoms with Gasteiger partial charge in [0.2, 0.25) is 0 Å². The van der Waals surface area contributed by atoms with Crippen LogP contribution in [0.4, 0.5) is 0 Å². The molecule has 0 aliphatic carbocycles. The van der Waals surface area contributed by atoms with Crippen LogP contribution in [0.1, 0.15) is 11.6 Å². The number of esters is 1. The summed E-state index contributed by atoms with van der Waals surface area (Å²) in [5, 5.41) is 3.32. The maximum absolute atomic E-state index is 11.5. The lowest BCUT2D eigenvalue weighted by molar-refractivity contribution is -0.143. The van der Waals surface area contributed by atoms with Crippen molar-refractivity contribution in [2.24, 2.45) is 0 Å². The van der Waals surface area contributed by atoms with Crippen LogP contribution in [0.2, 0.25) is 5.02 Å². The Hall–Kier alpha value is -1.26. The first kappa shape index (κ1) is 12.8. The van der Waals surface area contributed by atoms with Crippen LogP contribution in [0.25, 0.3) is 0 Å². The van der Waals surface area contributed by atoms with Crippen molar-refractivity contribution in [3.05, 3.63) is 28.8 Å². The van der Waals surface area contributed by atoms with Crippen molar-refractivity contribution in [1.29, 1.82) is 0 Å². The standard InChI is InChI=1S/C11H14ClNO3/c1-13-10(11(14)16-3)7-4-5-9(15-2)8(12)6-7/h4-6,10,13H,1-3H3. The molecule has 0 bridgehead atoms. The number of hydrogen-bond acceptors (Lipinski definition) is 4. The van der Waals surface area contributed by atoms with E-state index < -0.39 is 6.04 Å². The highest BCUT2D eigenvalue weighted by Crippen LogP contribution is 2.27. The van der Waals surface area contributed by atoms with Crippen molar-refractivity contribution in [2.45, 2.75) is 6.04 Å². The van der Waals surface area contributed by atoms with E-state index in [1.165, 1.54) is 14.2 Å². The zero-order valence-electron chi connectivity index (χ0n) is 9.41. The third kappa shape index (κ3) is 2.65.